The summed E-state index contributed by atoms with van der Waals surface area (Å²) in [6, 6.07) is 9.63. The molecule has 0 unspecified atom stereocenters. The van der Waals surface area contributed by atoms with E-state index in [0.29, 0.717) is 43.3 Å². The van der Waals surface area contributed by atoms with Crippen LogP contribution in [0.25, 0.3) is 11.5 Å². The molecule has 0 saturated carbocycles. The highest BCUT2D eigenvalue weighted by Gasteiger charge is 2.25. The lowest BCUT2D eigenvalue weighted by molar-refractivity contribution is -0.384. The molecule has 1 fully saturated rings. The van der Waals surface area contributed by atoms with Crippen molar-refractivity contribution in [2.45, 2.75) is 6.92 Å². The van der Waals surface area contributed by atoms with Crippen molar-refractivity contribution in [2.24, 2.45) is 0 Å². The van der Waals surface area contributed by atoms with Crippen molar-refractivity contribution >= 4 is 23.2 Å². The third-order valence-electron chi connectivity index (χ3n) is 5.39. The lowest BCUT2D eigenvalue weighted by Gasteiger charge is -2.35. The van der Waals surface area contributed by atoms with Crippen LogP contribution in [0.3, 0.4) is 0 Å². The third-order valence-corrected chi connectivity index (χ3v) is 5.39. The van der Waals surface area contributed by atoms with Crippen LogP contribution in [0, 0.1) is 17.0 Å². The van der Waals surface area contributed by atoms with Gasteiger partial charge >= 0.3 is 0 Å². The Balaban J connectivity index is 1.28. The van der Waals surface area contributed by atoms with Crippen LogP contribution in [0.4, 0.5) is 11.5 Å². The highest BCUT2D eigenvalue weighted by atomic mass is 16.6. The molecule has 4 aromatic rings. The Morgan fingerprint density at radius 1 is 1.09 bits per heavy atom. The highest BCUT2D eigenvalue weighted by Crippen LogP contribution is 2.19. The average molecular weight is 433 g/mol. The second kappa shape index (κ2) is 7.72. The van der Waals surface area contributed by atoms with Gasteiger partial charge in [-0.15, -0.1) is 0 Å². The zero-order valence-corrected chi connectivity index (χ0v) is 17.2. The number of amides is 1. The Hall–Kier alpha value is -4.35. The van der Waals surface area contributed by atoms with Crippen molar-refractivity contribution in [1.29, 1.82) is 0 Å². The fourth-order valence-corrected chi connectivity index (χ4v) is 3.75. The summed E-state index contributed by atoms with van der Waals surface area (Å²) in [7, 11) is 0. The molecule has 12 nitrogen and oxygen atoms in total. The van der Waals surface area contributed by atoms with Gasteiger partial charge in [0.25, 0.3) is 17.4 Å². The maximum absolute atomic E-state index is 13.0. The van der Waals surface area contributed by atoms with Gasteiger partial charge in [0.2, 0.25) is 0 Å². The summed E-state index contributed by atoms with van der Waals surface area (Å²) in [6.45, 7) is 4.29. The first kappa shape index (κ1) is 19.6. The first-order chi connectivity index (χ1) is 15.5. The largest absolute Gasteiger partial charge is 0.353 e. The summed E-state index contributed by atoms with van der Waals surface area (Å²) in [4.78, 5) is 35.8. The summed E-state index contributed by atoms with van der Waals surface area (Å²) >= 11 is 0. The molecule has 162 valence electrons. The number of non-ortho nitro benzene ring substituents is 1. The molecule has 1 aliphatic heterocycles. The summed E-state index contributed by atoms with van der Waals surface area (Å²) in [5.74, 6) is 1.30. The van der Waals surface area contributed by atoms with E-state index in [0.717, 1.165) is 11.5 Å². The smallest absolute Gasteiger partial charge is 0.274 e. The van der Waals surface area contributed by atoms with Crippen LogP contribution in [0.2, 0.25) is 0 Å². The number of aryl methyl sites for hydroxylation is 1. The summed E-state index contributed by atoms with van der Waals surface area (Å²) < 4.78 is 3.24. The van der Waals surface area contributed by atoms with Crippen LogP contribution < -0.4 is 4.90 Å². The number of piperazine rings is 1. The summed E-state index contributed by atoms with van der Waals surface area (Å²) in [6.07, 6.45) is 3.15. The van der Waals surface area contributed by atoms with Crippen molar-refractivity contribution in [3.05, 3.63) is 70.4 Å². The topological polar surface area (TPSA) is 128 Å². The Morgan fingerprint density at radius 2 is 1.84 bits per heavy atom. The quantitative estimate of drug-likeness (QED) is 0.350. The normalized spacial score (nSPS) is 14.2. The number of carbonyl (C=O) groups is 1. The molecule has 0 atom stereocenters. The molecular formula is C20H19N9O3. The minimum absolute atomic E-state index is 0.00244. The van der Waals surface area contributed by atoms with Crippen molar-refractivity contribution in [2.75, 3.05) is 31.1 Å². The molecule has 5 rings (SSSR count). The van der Waals surface area contributed by atoms with Crippen molar-refractivity contribution in [3.8, 4) is 5.69 Å². The molecule has 0 radical (unpaired) electrons. The molecule has 0 bridgehead atoms. The Kier molecular flexibility index (Phi) is 4.73. The van der Waals surface area contributed by atoms with Crippen LogP contribution in [0.5, 0.6) is 0 Å². The molecule has 32 heavy (non-hydrogen) atoms. The number of anilines is 1. The van der Waals surface area contributed by atoms with E-state index in [2.05, 4.69) is 25.1 Å². The fraction of sp³-hybridized carbons (Fsp3) is 0.250. The van der Waals surface area contributed by atoms with E-state index in [1.807, 2.05) is 13.0 Å². The molecular weight excluding hydrogens is 414 g/mol. The van der Waals surface area contributed by atoms with Crippen molar-refractivity contribution < 1.29 is 9.72 Å². The number of hydrogen-bond donors (Lipinski definition) is 0. The number of aromatic nitrogens is 6. The third kappa shape index (κ3) is 3.51. The number of hydrogen-bond acceptors (Lipinski definition) is 8. The number of nitro groups is 1. The molecule has 1 aromatic carbocycles. The molecule has 0 aliphatic carbocycles. The second-order valence-corrected chi connectivity index (χ2v) is 7.43. The number of nitro benzene ring substituents is 1. The predicted molar refractivity (Wildman–Crippen MR) is 114 cm³/mol. The van der Waals surface area contributed by atoms with Crippen LogP contribution in [0.15, 0.2) is 48.9 Å². The maximum Gasteiger partial charge on any atom is 0.274 e. The number of carbonyl (C=O) groups excluding carboxylic acids is 1. The minimum atomic E-state index is -0.456. The highest BCUT2D eigenvalue weighted by molar-refractivity contribution is 5.92. The first-order valence-corrected chi connectivity index (χ1v) is 10.0. The Morgan fingerprint density at radius 3 is 2.56 bits per heavy atom. The standard InChI is InChI=1S/C20H19N9O3/c1-14-12-18(28-20(23-14)21-13-22-28)25-8-10-26(11-9-25)19(30)17-6-7-27(24-17)15-2-4-16(5-3-15)29(31)32/h2-7,12-13H,8-11H2,1H3. The number of benzene rings is 1. The van der Waals surface area contributed by atoms with Crippen molar-refractivity contribution in [1.82, 2.24) is 34.3 Å². The number of nitrogens with zero attached hydrogens (tertiary/aromatic N) is 9. The van der Waals surface area contributed by atoms with Gasteiger partial charge in [-0.25, -0.2) is 9.67 Å². The van der Waals surface area contributed by atoms with E-state index in [9.17, 15) is 14.9 Å². The number of fused-ring (bicyclic) bond motifs is 1. The van der Waals surface area contributed by atoms with Gasteiger partial charge in [0.1, 0.15) is 12.1 Å². The second-order valence-electron chi connectivity index (χ2n) is 7.43. The summed E-state index contributed by atoms with van der Waals surface area (Å²) in [5.41, 5.74) is 1.83. The molecule has 4 heterocycles. The van der Waals surface area contributed by atoms with Gasteiger partial charge in [-0.2, -0.15) is 19.7 Å². The van der Waals surface area contributed by atoms with E-state index >= 15 is 0 Å². The average Bonchev–Trinajstić information content (AvgIpc) is 3.48. The SMILES string of the molecule is Cc1cc(N2CCN(C(=O)c3ccn(-c4ccc([N+](=O)[O-])cc4)n3)CC2)n2ncnc2n1. The van der Waals surface area contributed by atoms with Crippen LogP contribution >= 0.6 is 0 Å². The van der Waals surface area contributed by atoms with E-state index in [1.165, 1.54) is 23.1 Å². The zero-order chi connectivity index (χ0) is 22.2. The van der Waals surface area contributed by atoms with E-state index in [4.69, 9.17) is 0 Å². The first-order valence-electron chi connectivity index (χ1n) is 10.0. The van der Waals surface area contributed by atoms with Crippen LogP contribution in [0.1, 0.15) is 16.2 Å². The number of rotatable bonds is 4. The molecule has 0 N–H and O–H groups in total. The lowest BCUT2D eigenvalue weighted by atomic mass is 10.2. The zero-order valence-electron chi connectivity index (χ0n) is 17.2. The molecule has 1 amide bonds. The molecule has 12 heteroatoms. The molecule has 3 aromatic heterocycles. The maximum atomic E-state index is 13.0. The van der Waals surface area contributed by atoms with E-state index < -0.39 is 4.92 Å². The van der Waals surface area contributed by atoms with Crippen LogP contribution in [-0.2, 0) is 0 Å². The lowest BCUT2D eigenvalue weighted by Crippen LogP contribution is -2.49. The van der Waals surface area contributed by atoms with Gasteiger partial charge in [0.15, 0.2) is 5.69 Å². The Labute approximate surface area is 181 Å². The molecule has 1 aliphatic rings. The van der Waals surface area contributed by atoms with Crippen LogP contribution in [-0.4, -0.2) is 71.3 Å². The minimum Gasteiger partial charge on any atom is -0.353 e. The van der Waals surface area contributed by atoms with Gasteiger partial charge < -0.3 is 9.80 Å². The van der Waals surface area contributed by atoms with Gasteiger partial charge in [-0.05, 0) is 25.1 Å². The van der Waals surface area contributed by atoms with Gasteiger partial charge in [0.05, 0.1) is 10.6 Å². The van der Waals surface area contributed by atoms with E-state index in [-0.39, 0.29) is 11.6 Å². The Bertz CT molecular complexity index is 1300. The monoisotopic (exact) mass is 433 g/mol. The molecule has 1 saturated heterocycles. The van der Waals surface area contributed by atoms with Gasteiger partial charge in [-0.1, -0.05) is 0 Å². The van der Waals surface area contributed by atoms with Gasteiger partial charge in [-0.3, -0.25) is 14.9 Å². The fourth-order valence-electron chi connectivity index (χ4n) is 3.75. The van der Waals surface area contributed by atoms with Gasteiger partial charge in [0, 0.05) is 56.3 Å². The van der Waals surface area contributed by atoms with Crippen molar-refractivity contribution in [3.63, 3.8) is 0 Å². The molecule has 0 spiro atoms. The van der Waals surface area contributed by atoms with E-state index in [1.54, 1.807) is 33.8 Å². The predicted octanol–water partition coefficient (Wildman–Crippen LogP) is 1.49. The summed E-state index contributed by atoms with van der Waals surface area (Å²) in [5, 5.41) is 19.4.